The minimum absolute atomic E-state index is 0.784. The van der Waals surface area contributed by atoms with Gasteiger partial charge in [0, 0.05) is 0 Å². The fraction of sp³-hybridized carbons (Fsp3) is 0.769. The molecule has 0 bridgehead atoms. The van der Waals surface area contributed by atoms with Crippen LogP contribution in [0.15, 0.2) is 24.3 Å². The lowest BCUT2D eigenvalue weighted by Crippen LogP contribution is -2.25. The maximum absolute atomic E-state index is 5.73. The average molecular weight is 371 g/mol. The molecule has 0 saturated heterocycles. The molecule has 0 unspecified atom stereocenters. The Morgan fingerprint density at radius 3 is 1.96 bits per heavy atom. The molecule has 1 heteroatoms. The van der Waals surface area contributed by atoms with Gasteiger partial charge in [-0.3, -0.25) is 0 Å². The second-order valence-electron chi connectivity index (χ2n) is 9.31. The maximum atomic E-state index is 5.73. The van der Waals surface area contributed by atoms with Crippen LogP contribution in [-0.2, 0) is 0 Å². The molecular formula is C26H42O. The summed E-state index contributed by atoms with van der Waals surface area (Å²) in [5.74, 6) is 4.93. The van der Waals surface area contributed by atoms with Crippen LogP contribution in [0.5, 0.6) is 5.75 Å². The highest BCUT2D eigenvalue weighted by molar-refractivity contribution is 5.29. The molecule has 0 atom stereocenters. The van der Waals surface area contributed by atoms with Crippen LogP contribution in [0.4, 0.5) is 0 Å². The normalized spacial score (nSPS) is 28.8. The molecule has 2 fully saturated rings. The second kappa shape index (κ2) is 11.1. The van der Waals surface area contributed by atoms with Crippen molar-refractivity contribution >= 4 is 0 Å². The van der Waals surface area contributed by atoms with Gasteiger partial charge in [-0.05, 0) is 86.3 Å². The van der Waals surface area contributed by atoms with E-state index in [9.17, 15) is 0 Å². The van der Waals surface area contributed by atoms with E-state index in [-0.39, 0.29) is 0 Å². The van der Waals surface area contributed by atoms with Crippen molar-refractivity contribution in [2.75, 3.05) is 6.61 Å². The van der Waals surface area contributed by atoms with Gasteiger partial charge in [0.05, 0.1) is 6.61 Å². The van der Waals surface area contributed by atoms with Crippen molar-refractivity contribution in [1.29, 1.82) is 0 Å². The molecule has 1 nitrogen and oxygen atoms in total. The molecule has 0 heterocycles. The molecule has 2 aliphatic carbocycles. The van der Waals surface area contributed by atoms with Crippen LogP contribution in [0.2, 0.25) is 0 Å². The first kappa shape index (κ1) is 20.7. The topological polar surface area (TPSA) is 9.23 Å². The van der Waals surface area contributed by atoms with Gasteiger partial charge in [0.2, 0.25) is 0 Å². The van der Waals surface area contributed by atoms with E-state index in [1.54, 1.807) is 0 Å². The zero-order valence-corrected chi connectivity index (χ0v) is 17.9. The minimum Gasteiger partial charge on any atom is -0.494 e. The fourth-order valence-electron chi connectivity index (χ4n) is 5.61. The molecule has 1 aromatic carbocycles. The summed E-state index contributed by atoms with van der Waals surface area (Å²) in [6.07, 6.45) is 18.7. The Morgan fingerprint density at radius 1 is 0.741 bits per heavy atom. The maximum Gasteiger partial charge on any atom is 0.119 e. The van der Waals surface area contributed by atoms with Crippen molar-refractivity contribution in [3.05, 3.63) is 29.8 Å². The molecule has 152 valence electrons. The Labute approximate surface area is 168 Å². The Kier molecular flexibility index (Phi) is 8.55. The van der Waals surface area contributed by atoms with Gasteiger partial charge >= 0.3 is 0 Å². The molecule has 0 amide bonds. The number of unbranched alkanes of at least 4 members (excludes halogenated alkanes) is 2. The Bertz CT molecular complexity index is 504. The SMILES string of the molecule is CCCCC[C@H]1CC[C@H]([C@H]2CC[C@H](c3ccc(OCCC)cc3)CC2)CC1. The largest absolute Gasteiger partial charge is 0.494 e. The van der Waals surface area contributed by atoms with Crippen molar-refractivity contribution in [3.8, 4) is 5.75 Å². The number of ether oxygens (including phenoxy) is 1. The summed E-state index contributed by atoms with van der Waals surface area (Å²) in [6, 6.07) is 8.99. The zero-order chi connectivity index (χ0) is 18.9. The van der Waals surface area contributed by atoms with Crippen LogP contribution in [0.1, 0.15) is 109 Å². The van der Waals surface area contributed by atoms with Crippen molar-refractivity contribution in [3.63, 3.8) is 0 Å². The first-order valence-electron chi connectivity index (χ1n) is 12.0. The van der Waals surface area contributed by atoms with Crippen LogP contribution < -0.4 is 4.74 Å². The standard InChI is InChI=1S/C26H42O/c1-3-5-6-7-21-8-10-22(11-9-21)23-12-14-24(15-13-23)25-16-18-26(19-17-25)27-20-4-2/h16-19,21-24H,3-15,20H2,1-2H3/t21-,22-,23-,24-. The summed E-state index contributed by atoms with van der Waals surface area (Å²) >= 11 is 0. The Hall–Kier alpha value is -0.980. The molecule has 0 aromatic heterocycles. The Balaban J connectivity index is 1.39. The highest BCUT2D eigenvalue weighted by Crippen LogP contribution is 2.44. The van der Waals surface area contributed by atoms with Crippen molar-refractivity contribution in [2.45, 2.75) is 103 Å². The average Bonchev–Trinajstić information content (AvgIpc) is 2.73. The molecule has 0 spiro atoms. The van der Waals surface area contributed by atoms with Crippen LogP contribution in [0.3, 0.4) is 0 Å². The molecule has 2 saturated carbocycles. The number of rotatable bonds is 9. The highest BCUT2D eigenvalue weighted by Gasteiger charge is 2.31. The molecular weight excluding hydrogens is 328 g/mol. The van der Waals surface area contributed by atoms with E-state index in [1.165, 1.54) is 82.6 Å². The van der Waals surface area contributed by atoms with E-state index in [4.69, 9.17) is 4.74 Å². The summed E-state index contributed by atoms with van der Waals surface area (Å²) in [4.78, 5) is 0. The van der Waals surface area contributed by atoms with E-state index in [2.05, 4.69) is 38.1 Å². The predicted molar refractivity (Wildman–Crippen MR) is 117 cm³/mol. The van der Waals surface area contributed by atoms with E-state index in [1.807, 2.05) is 0 Å². The molecule has 27 heavy (non-hydrogen) atoms. The van der Waals surface area contributed by atoms with Crippen molar-refractivity contribution < 1.29 is 4.74 Å². The van der Waals surface area contributed by atoms with E-state index in [0.717, 1.165) is 42.4 Å². The van der Waals surface area contributed by atoms with Crippen molar-refractivity contribution in [1.82, 2.24) is 0 Å². The number of benzene rings is 1. The van der Waals surface area contributed by atoms with Gasteiger partial charge in [-0.2, -0.15) is 0 Å². The lowest BCUT2D eigenvalue weighted by molar-refractivity contribution is 0.155. The molecule has 0 N–H and O–H groups in total. The molecule has 3 rings (SSSR count). The van der Waals surface area contributed by atoms with Gasteiger partial charge in [-0.25, -0.2) is 0 Å². The van der Waals surface area contributed by atoms with E-state index < -0.39 is 0 Å². The fourth-order valence-corrected chi connectivity index (χ4v) is 5.61. The van der Waals surface area contributed by atoms with Gasteiger partial charge in [0.25, 0.3) is 0 Å². The number of hydrogen-bond donors (Lipinski definition) is 0. The van der Waals surface area contributed by atoms with Gasteiger partial charge in [-0.1, -0.05) is 64.5 Å². The third-order valence-electron chi connectivity index (χ3n) is 7.37. The lowest BCUT2D eigenvalue weighted by atomic mass is 9.68. The molecule has 1 aromatic rings. The highest BCUT2D eigenvalue weighted by atomic mass is 16.5. The predicted octanol–water partition coefficient (Wildman–Crippen LogP) is 8.14. The van der Waals surface area contributed by atoms with Gasteiger partial charge in [0.15, 0.2) is 0 Å². The third kappa shape index (κ3) is 6.26. The first-order chi connectivity index (χ1) is 13.3. The lowest BCUT2D eigenvalue weighted by Gasteiger charge is -2.38. The van der Waals surface area contributed by atoms with Crippen LogP contribution in [0, 0.1) is 17.8 Å². The minimum atomic E-state index is 0.784. The second-order valence-corrected chi connectivity index (χ2v) is 9.31. The molecule has 2 aliphatic rings. The zero-order valence-electron chi connectivity index (χ0n) is 17.9. The monoisotopic (exact) mass is 370 g/mol. The Morgan fingerprint density at radius 2 is 1.37 bits per heavy atom. The first-order valence-corrected chi connectivity index (χ1v) is 12.0. The van der Waals surface area contributed by atoms with E-state index >= 15 is 0 Å². The van der Waals surface area contributed by atoms with Crippen LogP contribution in [0.25, 0.3) is 0 Å². The van der Waals surface area contributed by atoms with Crippen LogP contribution >= 0.6 is 0 Å². The quantitative estimate of drug-likeness (QED) is 0.399. The summed E-state index contributed by atoms with van der Waals surface area (Å²) in [5, 5.41) is 0. The van der Waals surface area contributed by atoms with Gasteiger partial charge in [-0.15, -0.1) is 0 Å². The summed E-state index contributed by atoms with van der Waals surface area (Å²) in [7, 11) is 0. The summed E-state index contributed by atoms with van der Waals surface area (Å²) in [5.41, 5.74) is 1.54. The summed E-state index contributed by atoms with van der Waals surface area (Å²) < 4.78 is 5.73. The van der Waals surface area contributed by atoms with Gasteiger partial charge < -0.3 is 4.74 Å². The molecule has 0 radical (unpaired) electrons. The number of hydrogen-bond acceptors (Lipinski definition) is 1. The van der Waals surface area contributed by atoms with E-state index in [0.29, 0.717) is 0 Å². The van der Waals surface area contributed by atoms with Gasteiger partial charge in [0.1, 0.15) is 5.75 Å². The third-order valence-corrected chi connectivity index (χ3v) is 7.37. The van der Waals surface area contributed by atoms with Crippen LogP contribution in [-0.4, -0.2) is 6.61 Å². The van der Waals surface area contributed by atoms with Crippen molar-refractivity contribution in [2.24, 2.45) is 17.8 Å². The summed E-state index contributed by atoms with van der Waals surface area (Å²) in [6.45, 7) is 5.30. The molecule has 0 aliphatic heterocycles. The smallest absolute Gasteiger partial charge is 0.119 e.